The average molecular weight is 322 g/mol. The number of carbonyl (C=O) groups excluding carboxylic acids is 1. The molecule has 0 aliphatic heterocycles. The lowest BCUT2D eigenvalue weighted by Gasteiger charge is -2.24. The Morgan fingerprint density at radius 1 is 1.48 bits per heavy atom. The van der Waals surface area contributed by atoms with E-state index in [4.69, 9.17) is 4.74 Å². The molecule has 0 saturated heterocycles. The van der Waals surface area contributed by atoms with E-state index in [1.54, 1.807) is 0 Å². The number of hydrogen-bond donors (Lipinski definition) is 2. The molecule has 1 atom stereocenters. The first-order valence-electron chi connectivity index (χ1n) is 8.59. The van der Waals surface area contributed by atoms with Crippen molar-refractivity contribution in [2.75, 3.05) is 6.54 Å². The largest absolute Gasteiger partial charge is 0.444 e. The highest BCUT2D eigenvalue weighted by Crippen LogP contribution is 2.32. The van der Waals surface area contributed by atoms with Crippen LogP contribution in [0.4, 0.5) is 4.79 Å². The molecule has 1 aliphatic rings. The monoisotopic (exact) mass is 322 g/mol. The zero-order valence-electron chi connectivity index (χ0n) is 14.8. The van der Waals surface area contributed by atoms with Gasteiger partial charge in [-0.25, -0.2) is 9.78 Å². The van der Waals surface area contributed by atoms with Crippen LogP contribution in [0.1, 0.15) is 52.8 Å². The van der Waals surface area contributed by atoms with Gasteiger partial charge in [-0.1, -0.05) is 6.92 Å². The summed E-state index contributed by atoms with van der Waals surface area (Å²) >= 11 is 0. The fourth-order valence-electron chi connectivity index (χ4n) is 2.58. The third kappa shape index (κ3) is 6.22. The van der Waals surface area contributed by atoms with Crippen LogP contribution >= 0.6 is 0 Å². The summed E-state index contributed by atoms with van der Waals surface area (Å²) in [5, 5.41) is 6.43. The molecule has 0 radical (unpaired) electrons. The lowest BCUT2D eigenvalue weighted by Crippen LogP contribution is -2.45. The van der Waals surface area contributed by atoms with Gasteiger partial charge in [-0.15, -0.1) is 0 Å². The second kappa shape index (κ2) is 7.81. The molecule has 6 heteroatoms. The third-order valence-corrected chi connectivity index (χ3v) is 3.81. The van der Waals surface area contributed by atoms with E-state index in [0.717, 1.165) is 25.3 Å². The van der Waals surface area contributed by atoms with E-state index >= 15 is 0 Å². The van der Waals surface area contributed by atoms with Crippen LogP contribution < -0.4 is 10.6 Å². The van der Waals surface area contributed by atoms with E-state index in [1.165, 1.54) is 12.8 Å². The number of aryl methyl sites for hydroxylation is 1. The molecule has 1 saturated carbocycles. The van der Waals surface area contributed by atoms with Crippen molar-refractivity contribution in [3.05, 3.63) is 18.2 Å². The Morgan fingerprint density at radius 2 is 2.22 bits per heavy atom. The molecular weight excluding hydrogens is 292 g/mol. The quantitative estimate of drug-likeness (QED) is 0.772. The van der Waals surface area contributed by atoms with Gasteiger partial charge in [0.2, 0.25) is 0 Å². The molecule has 1 aromatic rings. The summed E-state index contributed by atoms with van der Waals surface area (Å²) in [4.78, 5) is 16.3. The molecule has 1 amide bonds. The minimum absolute atomic E-state index is 0.124. The van der Waals surface area contributed by atoms with E-state index in [0.29, 0.717) is 12.5 Å². The van der Waals surface area contributed by atoms with Crippen molar-refractivity contribution in [3.63, 3.8) is 0 Å². The molecule has 2 N–H and O–H groups in total. The minimum Gasteiger partial charge on any atom is -0.444 e. The van der Waals surface area contributed by atoms with Crippen molar-refractivity contribution in [1.82, 2.24) is 20.2 Å². The number of aromatic nitrogens is 2. The number of amides is 1. The van der Waals surface area contributed by atoms with Gasteiger partial charge in [-0.2, -0.15) is 0 Å². The normalized spacial score (nSPS) is 16.2. The van der Waals surface area contributed by atoms with Crippen LogP contribution in [0.25, 0.3) is 0 Å². The molecule has 0 bridgehead atoms. The maximum Gasteiger partial charge on any atom is 0.407 e. The standard InChI is InChI=1S/C17H30N4O2/c1-5-9-21-10-8-19-15(21)12-18-11-14(13-6-7-13)20-16(22)23-17(2,3)4/h8,10,13-14,18H,5-7,9,11-12H2,1-4H3,(H,20,22). The second-order valence-corrected chi connectivity index (χ2v) is 7.26. The zero-order valence-corrected chi connectivity index (χ0v) is 14.8. The van der Waals surface area contributed by atoms with Crippen molar-refractivity contribution in [1.29, 1.82) is 0 Å². The number of carbonyl (C=O) groups is 1. The fourth-order valence-corrected chi connectivity index (χ4v) is 2.58. The van der Waals surface area contributed by atoms with Crippen molar-refractivity contribution < 1.29 is 9.53 Å². The number of hydrogen-bond acceptors (Lipinski definition) is 4. The Hall–Kier alpha value is -1.56. The van der Waals surface area contributed by atoms with Gasteiger partial charge >= 0.3 is 6.09 Å². The van der Waals surface area contributed by atoms with E-state index in [2.05, 4.69) is 27.1 Å². The van der Waals surface area contributed by atoms with E-state index < -0.39 is 5.60 Å². The SMILES string of the molecule is CCCn1ccnc1CNCC(NC(=O)OC(C)(C)C)C1CC1. The predicted octanol–water partition coefficient (Wildman–Crippen LogP) is 2.69. The number of ether oxygens (including phenoxy) is 1. The maximum absolute atomic E-state index is 12.0. The Morgan fingerprint density at radius 3 is 2.83 bits per heavy atom. The first-order chi connectivity index (χ1) is 10.9. The van der Waals surface area contributed by atoms with Gasteiger partial charge in [0.05, 0.1) is 6.54 Å². The molecule has 1 unspecified atom stereocenters. The van der Waals surface area contributed by atoms with Gasteiger partial charge in [-0.05, 0) is 46.0 Å². The highest BCUT2D eigenvalue weighted by molar-refractivity contribution is 5.68. The van der Waals surface area contributed by atoms with Gasteiger partial charge in [0.15, 0.2) is 0 Å². The first-order valence-corrected chi connectivity index (χ1v) is 8.59. The fraction of sp³-hybridized carbons (Fsp3) is 0.765. The smallest absolute Gasteiger partial charge is 0.407 e. The maximum atomic E-state index is 12.0. The number of rotatable bonds is 8. The van der Waals surface area contributed by atoms with Crippen LogP contribution in [0.3, 0.4) is 0 Å². The van der Waals surface area contributed by atoms with Gasteiger partial charge in [-0.3, -0.25) is 0 Å². The van der Waals surface area contributed by atoms with E-state index in [1.807, 2.05) is 33.2 Å². The summed E-state index contributed by atoms with van der Waals surface area (Å²) in [5.74, 6) is 1.60. The molecule has 23 heavy (non-hydrogen) atoms. The summed E-state index contributed by atoms with van der Waals surface area (Å²) in [7, 11) is 0. The van der Waals surface area contributed by atoms with Crippen molar-refractivity contribution in [2.24, 2.45) is 5.92 Å². The Kier molecular flexibility index (Phi) is 6.04. The summed E-state index contributed by atoms with van der Waals surface area (Å²) in [6.07, 6.45) is 6.96. The highest BCUT2D eigenvalue weighted by Gasteiger charge is 2.33. The summed E-state index contributed by atoms with van der Waals surface area (Å²) in [5.41, 5.74) is -0.462. The van der Waals surface area contributed by atoms with Gasteiger partial charge < -0.3 is 19.9 Å². The molecule has 130 valence electrons. The van der Waals surface area contributed by atoms with Crippen LogP contribution in [-0.4, -0.2) is 33.8 Å². The molecule has 1 aromatic heterocycles. The zero-order chi connectivity index (χ0) is 16.9. The molecule has 1 aliphatic carbocycles. The number of nitrogens with zero attached hydrogens (tertiary/aromatic N) is 2. The number of alkyl carbamates (subject to hydrolysis) is 1. The van der Waals surface area contributed by atoms with Crippen LogP contribution in [0, 0.1) is 5.92 Å². The molecule has 1 fully saturated rings. The van der Waals surface area contributed by atoms with Crippen LogP contribution in [0.2, 0.25) is 0 Å². The Labute approximate surface area is 139 Å². The lowest BCUT2D eigenvalue weighted by molar-refractivity contribution is 0.0497. The van der Waals surface area contributed by atoms with Crippen molar-refractivity contribution in [2.45, 2.75) is 71.7 Å². The molecule has 0 spiro atoms. The molecule has 6 nitrogen and oxygen atoms in total. The molecule has 2 rings (SSSR count). The first kappa shape index (κ1) is 17.8. The van der Waals surface area contributed by atoms with Gasteiger partial charge in [0.1, 0.15) is 11.4 Å². The number of nitrogens with one attached hydrogen (secondary N) is 2. The van der Waals surface area contributed by atoms with E-state index in [-0.39, 0.29) is 12.1 Å². The summed E-state index contributed by atoms with van der Waals surface area (Å²) < 4.78 is 7.52. The number of imidazole rings is 1. The van der Waals surface area contributed by atoms with Crippen LogP contribution in [0.5, 0.6) is 0 Å². The van der Waals surface area contributed by atoms with E-state index in [9.17, 15) is 4.79 Å². The third-order valence-electron chi connectivity index (χ3n) is 3.81. The highest BCUT2D eigenvalue weighted by atomic mass is 16.6. The molecule has 0 aromatic carbocycles. The Bertz CT molecular complexity index is 503. The van der Waals surface area contributed by atoms with Gasteiger partial charge in [0, 0.05) is 31.5 Å². The molecular formula is C17H30N4O2. The Balaban J connectivity index is 1.79. The minimum atomic E-state index is -0.462. The lowest BCUT2D eigenvalue weighted by atomic mass is 10.2. The average Bonchev–Trinajstić information content (AvgIpc) is 3.19. The second-order valence-electron chi connectivity index (χ2n) is 7.26. The van der Waals surface area contributed by atoms with Crippen molar-refractivity contribution >= 4 is 6.09 Å². The van der Waals surface area contributed by atoms with Crippen LogP contribution in [0.15, 0.2) is 12.4 Å². The van der Waals surface area contributed by atoms with Crippen molar-refractivity contribution in [3.8, 4) is 0 Å². The predicted molar refractivity (Wildman–Crippen MR) is 90.1 cm³/mol. The summed E-state index contributed by atoms with van der Waals surface area (Å²) in [6, 6.07) is 0.124. The molecule has 1 heterocycles. The van der Waals surface area contributed by atoms with Gasteiger partial charge in [0.25, 0.3) is 0 Å². The van der Waals surface area contributed by atoms with Crippen LogP contribution in [-0.2, 0) is 17.8 Å². The summed E-state index contributed by atoms with van der Waals surface area (Å²) in [6.45, 7) is 10.2. The topological polar surface area (TPSA) is 68.2 Å².